The monoisotopic (exact) mass is 368 g/mol. The van der Waals surface area contributed by atoms with Gasteiger partial charge in [0.15, 0.2) is 0 Å². The lowest BCUT2D eigenvalue weighted by Crippen LogP contribution is -2.28. The lowest BCUT2D eigenvalue weighted by atomic mass is 9.80. The molecule has 7 heteroatoms. The summed E-state index contributed by atoms with van der Waals surface area (Å²) in [5.74, 6) is -0.304. The minimum absolute atomic E-state index is 0.147. The summed E-state index contributed by atoms with van der Waals surface area (Å²) in [6, 6.07) is 5.58. The third-order valence-electron chi connectivity index (χ3n) is 5.07. The lowest BCUT2D eigenvalue weighted by Gasteiger charge is -2.29. The minimum Gasteiger partial charge on any atom is -0.494 e. The fraction of sp³-hybridized carbons (Fsp3) is 0.526. The lowest BCUT2D eigenvalue weighted by molar-refractivity contribution is -0.184. The van der Waals surface area contributed by atoms with Gasteiger partial charge in [-0.2, -0.15) is 13.2 Å². The largest absolute Gasteiger partial charge is 0.494 e. The van der Waals surface area contributed by atoms with E-state index < -0.39 is 12.1 Å². The van der Waals surface area contributed by atoms with Gasteiger partial charge >= 0.3 is 6.18 Å². The summed E-state index contributed by atoms with van der Waals surface area (Å²) < 4.78 is 43.9. The highest BCUT2D eigenvalue weighted by Crippen LogP contribution is 2.40. The van der Waals surface area contributed by atoms with Crippen molar-refractivity contribution >= 4 is 22.5 Å². The summed E-state index contributed by atoms with van der Waals surface area (Å²) in [4.78, 5) is 14.3. The van der Waals surface area contributed by atoms with Gasteiger partial charge in [-0.3, -0.25) is 4.79 Å². The molecule has 1 fully saturated rings. The number of carbonyl (C=O) groups excluding carboxylic acids is 1. The second-order valence-electron chi connectivity index (χ2n) is 6.99. The Balaban J connectivity index is 1.51. The van der Waals surface area contributed by atoms with E-state index in [2.05, 4.69) is 10.3 Å². The second-order valence-corrected chi connectivity index (χ2v) is 6.99. The van der Waals surface area contributed by atoms with Gasteiger partial charge < -0.3 is 15.0 Å². The highest BCUT2D eigenvalue weighted by atomic mass is 19.4. The number of nitrogens with one attached hydrogen (secondary N) is 2. The molecule has 0 saturated heterocycles. The van der Waals surface area contributed by atoms with Crippen LogP contribution in [0.3, 0.4) is 0 Å². The van der Waals surface area contributed by atoms with Crippen molar-refractivity contribution in [3.05, 3.63) is 24.4 Å². The average Bonchev–Trinajstić information content (AvgIpc) is 2.96. The van der Waals surface area contributed by atoms with E-state index in [1.165, 1.54) is 6.92 Å². The summed E-state index contributed by atoms with van der Waals surface area (Å²) in [6.07, 6.45) is 0.101. The van der Waals surface area contributed by atoms with Crippen LogP contribution in [-0.2, 0) is 4.79 Å². The van der Waals surface area contributed by atoms with Crippen molar-refractivity contribution < 1.29 is 22.7 Å². The number of hydrogen-bond acceptors (Lipinski definition) is 2. The van der Waals surface area contributed by atoms with E-state index in [0.717, 1.165) is 17.3 Å². The van der Waals surface area contributed by atoms with Gasteiger partial charge in [0.05, 0.1) is 18.2 Å². The van der Waals surface area contributed by atoms with Crippen LogP contribution in [0.15, 0.2) is 24.4 Å². The van der Waals surface area contributed by atoms with Gasteiger partial charge in [0.2, 0.25) is 5.91 Å². The Labute approximate surface area is 150 Å². The summed E-state index contributed by atoms with van der Waals surface area (Å²) in [5, 5.41) is 3.63. The van der Waals surface area contributed by atoms with E-state index in [1.807, 2.05) is 18.2 Å². The number of benzene rings is 1. The maximum absolute atomic E-state index is 12.7. The number of H-pyrrole nitrogens is 1. The number of ether oxygens (including phenoxy) is 1. The van der Waals surface area contributed by atoms with Crippen LogP contribution >= 0.6 is 0 Å². The molecule has 2 aromatic rings. The third-order valence-corrected chi connectivity index (χ3v) is 5.07. The summed E-state index contributed by atoms with van der Waals surface area (Å²) in [7, 11) is 0. The number of fused-ring (bicyclic) bond motifs is 1. The molecule has 1 aliphatic rings. The van der Waals surface area contributed by atoms with Crippen molar-refractivity contribution in [3.63, 3.8) is 0 Å². The molecule has 4 nitrogen and oxygen atoms in total. The molecule has 0 bridgehead atoms. The molecular weight excluding hydrogens is 345 g/mol. The molecule has 1 aliphatic carbocycles. The van der Waals surface area contributed by atoms with E-state index in [0.29, 0.717) is 36.8 Å². The van der Waals surface area contributed by atoms with E-state index >= 15 is 0 Å². The Kier molecular flexibility index (Phi) is 5.44. The first kappa shape index (κ1) is 18.6. The van der Waals surface area contributed by atoms with Gasteiger partial charge in [0.1, 0.15) is 5.75 Å². The molecule has 0 spiro atoms. The highest BCUT2D eigenvalue weighted by molar-refractivity contribution is 6.01. The number of anilines is 1. The molecule has 0 aliphatic heterocycles. The Hall–Kier alpha value is -2.18. The molecule has 0 unspecified atom stereocenters. The molecule has 0 atom stereocenters. The Morgan fingerprint density at radius 1 is 1.27 bits per heavy atom. The molecule has 1 aromatic heterocycles. The molecule has 142 valence electrons. The van der Waals surface area contributed by atoms with Crippen molar-refractivity contribution in [2.45, 2.75) is 45.2 Å². The predicted molar refractivity (Wildman–Crippen MR) is 94.2 cm³/mol. The fourth-order valence-electron chi connectivity index (χ4n) is 3.60. The first-order valence-corrected chi connectivity index (χ1v) is 8.91. The van der Waals surface area contributed by atoms with Gasteiger partial charge in [0, 0.05) is 24.0 Å². The zero-order chi connectivity index (χ0) is 18.7. The quantitative estimate of drug-likeness (QED) is 0.756. The van der Waals surface area contributed by atoms with Crippen LogP contribution < -0.4 is 10.1 Å². The van der Waals surface area contributed by atoms with E-state index in [-0.39, 0.29) is 18.7 Å². The summed E-state index contributed by atoms with van der Waals surface area (Å²) in [5.41, 5.74) is 1.59. The molecule has 1 saturated carbocycles. The van der Waals surface area contributed by atoms with E-state index in [9.17, 15) is 18.0 Å². The molecule has 2 N–H and O–H groups in total. The molecule has 1 aromatic carbocycles. The number of aromatic amines is 1. The van der Waals surface area contributed by atoms with Crippen LogP contribution in [0.4, 0.5) is 18.9 Å². The Morgan fingerprint density at radius 2 is 2.00 bits per heavy atom. The molecule has 26 heavy (non-hydrogen) atoms. The highest BCUT2D eigenvalue weighted by Gasteiger charge is 2.41. The zero-order valence-corrected chi connectivity index (χ0v) is 14.7. The number of alkyl halides is 3. The van der Waals surface area contributed by atoms with Crippen LogP contribution in [0.2, 0.25) is 0 Å². The number of carbonyl (C=O) groups is 1. The van der Waals surface area contributed by atoms with Crippen LogP contribution in [0.5, 0.6) is 5.75 Å². The zero-order valence-electron chi connectivity index (χ0n) is 14.7. The van der Waals surface area contributed by atoms with Crippen molar-refractivity contribution in [2.75, 3.05) is 11.9 Å². The van der Waals surface area contributed by atoms with E-state index in [4.69, 9.17) is 4.74 Å². The Morgan fingerprint density at radius 3 is 2.65 bits per heavy atom. The van der Waals surface area contributed by atoms with Gasteiger partial charge in [-0.15, -0.1) is 0 Å². The van der Waals surface area contributed by atoms with Crippen LogP contribution in [0.25, 0.3) is 10.9 Å². The summed E-state index contributed by atoms with van der Waals surface area (Å²) in [6.45, 7) is 1.93. The minimum atomic E-state index is -4.06. The topological polar surface area (TPSA) is 54.1 Å². The maximum atomic E-state index is 12.7. The molecule has 1 amide bonds. The maximum Gasteiger partial charge on any atom is 0.391 e. The Bertz CT molecular complexity index is 762. The van der Waals surface area contributed by atoms with Crippen molar-refractivity contribution in [1.82, 2.24) is 4.98 Å². The molecule has 0 radical (unpaired) electrons. The number of halogens is 3. The van der Waals surface area contributed by atoms with Gasteiger partial charge in [-0.1, -0.05) is 0 Å². The smallest absolute Gasteiger partial charge is 0.391 e. The number of amides is 1. The molecular formula is C19H23F3N2O2. The number of aromatic nitrogens is 1. The number of hydrogen-bond donors (Lipinski definition) is 2. The van der Waals surface area contributed by atoms with Crippen molar-refractivity contribution in [3.8, 4) is 5.75 Å². The van der Waals surface area contributed by atoms with Crippen molar-refractivity contribution in [1.29, 1.82) is 0 Å². The fourth-order valence-corrected chi connectivity index (χ4v) is 3.60. The summed E-state index contributed by atoms with van der Waals surface area (Å²) >= 11 is 0. The van der Waals surface area contributed by atoms with Gasteiger partial charge in [-0.05, 0) is 56.2 Å². The SMILES string of the molecule is CC(=O)Nc1c[nH]c2ccc(OCC[C@H]3CC[C@@H](C(F)(F)F)CC3)cc12. The standard InChI is InChI=1S/C19H23F3N2O2/c1-12(25)24-18-11-23-17-7-6-15(10-16(17)18)26-9-8-13-2-4-14(5-3-13)19(20,21)22/h6-7,10-11,13-14,23H,2-5,8-9H2,1H3,(H,24,25)/t13-,14+. The first-order chi connectivity index (χ1) is 12.3. The van der Waals surface area contributed by atoms with Crippen LogP contribution in [-0.4, -0.2) is 23.7 Å². The average molecular weight is 368 g/mol. The molecule has 3 rings (SSSR count). The predicted octanol–water partition coefficient (Wildman–Crippen LogP) is 5.26. The van der Waals surface area contributed by atoms with Gasteiger partial charge in [0.25, 0.3) is 0 Å². The van der Waals surface area contributed by atoms with Crippen molar-refractivity contribution in [2.24, 2.45) is 11.8 Å². The normalized spacial score (nSPS) is 20.9. The number of rotatable bonds is 5. The molecule has 1 heterocycles. The van der Waals surface area contributed by atoms with E-state index in [1.54, 1.807) is 6.20 Å². The second kappa shape index (κ2) is 7.60. The van der Waals surface area contributed by atoms with Gasteiger partial charge in [-0.25, -0.2) is 0 Å². The third kappa shape index (κ3) is 4.51. The van der Waals surface area contributed by atoms with Crippen LogP contribution in [0, 0.1) is 11.8 Å². The first-order valence-electron chi connectivity index (χ1n) is 8.91. The van der Waals surface area contributed by atoms with Crippen LogP contribution in [0.1, 0.15) is 39.0 Å².